The normalized spacial score (nSPS) is 29.9. The zero-order chi connectivity index (χ0) is 12.5. The van der Waals surface area contributed by atoms with Crippen molar-refractivity contribution in [3.63, 3.8) is 0 Å². The van der Waals surface area contributed by atoms with Crippen molar-refractivity contribution >= 4 is 5.95 Å². The molecule has 2 unspecified atom stereocenters. The number of nitrogens with one attached hydrogen (secondary N) is 1. The predicted octanol–water partition coefficient (Wildman–Crippen LogP) is 1.07. The molecule has 0 aromatic carbocycles. The Labute approximate surface area is 107 Å². The third kappa shape index (κ3) is 2.04. The van der Waals surface area contributed by atoms with Crippen LogP contribution < -0.4 is 10.2 Å². The number of nitriles is 1. The lowest BCUT2D eigenvalue weighted by molar-refractivity contribution is 0.352. The molecular formula is C13H17N5. The fraction of sp³-hybridized carbons (Fsp3) is 0.615. The van der Waals surface area contributed by atoms with Crippen LogP contribution in [-0.4, -0.2) is 35.1 Å². The minimum atomic E-state index is 0.434. The highest BCUT2D eigenvalue weighted by Crippen LogP contribution is 2.30. The SMILES string of the molecule is CN(c1nccc(C#N)n1)C1CC2CCC(C1)N2. The number of anilines is 1. The molecule has 2 saturated heterocycles. The molecule has 18 heavy (non-hydrogen) atoms. The summed E-state index contributed by atoms with van der Waals surface area (Å²) in [5.74, 6) is 0.667. The molecule has 5 heteroatoms. The quantitative estimate of drug-likeness (QED) is 0.841. The number of aromatic nitrogens is 2. The van der Waals surface area contributed by atoms with E-state index < -0.39 is 0 Å². The van der Waals surface area contributed by atoms with Gasteiger partial charge < -0.3 is 10.2 Å². The largest absolute Gasteiger partial charge is 0.341 e. The van der Waals surface area contributed by atoms with Gasteiger partial charge in [-0.25, -0.2) is 9.97 Å². The summed E-state index contributed by atoms with van der Waals surface area (Å²) in [6.45, 7) is 0. The Bertz CT molecular complexity index is 469. The average Bonchev–Trinajstić information content (AvgIpc) is 2.76. The molecule has 0 radical (unpaired) electrons. The molecule has 1 aromatic heterocycles. The van der Waals surface area contributed by atoms with Gasteiger partial charge in [-0.05, 0) is 31.7 Å². The van der Waals surface area contributed by atoms with Crippen LogP contribution in [0.3, 0.4) is 0 Å². The van der Waals surface area contributed by atoms with Crippen LogP contribution in [0.15, 0.2) is 12.3 Å². The van der Waals surface area contributed by atoms with Gasteiger partial charge in [-0.3, -0.25) is 0 Å². The summed E-state index contributed by atoms with van der Waals surface area (Å²) in [6.07, 6.45) is 6.52. The van der Waals surface area contributed by atoms with Gasteiger partial charge in [-0.15, -0.1) is 0 Å². The van der Waals surface area contributed by atoms with E-state index in [1.54, 1.807) is 12.3 Å². The molecule has 0 saturated carbocycles. The minimum absolute atomic E-state index is 0.434. The Morgan fingerprint density at radius 2 is 2.11 bits per heavy atom. The molecule has 5 nitrogen and oxygen atoms in total. The highest BCUT2D eigenvalue weighted by atomic mass is 15.3. The number of nitrogens with zero attached hydrogens (tertiary/aromatic N) is 4. The Balaban J connectivity index is 1.77. The first-order valence-corrected chi connectivity index (χ1v) is 6.48. The molecule has 2 atom stereocenters. The highest BCUT2D eigenvalue weighted by Gasteiger charge is 2.35. The molecule has 3 rings (SSSR count). The molecule has 94 valence electrons. The summed E-state index contributed by atoms with van der Waals surface area (Å²) in [5.41, 5.74) is 0.434. The number of fused-ring (bicyclic) bond motifs is 2. The van der Waals surface area contributed by atoms with E-state index in [9.17, 15) is 0 Å². The second-order valence-electron chi connectivity index (χ2n) is 5.23. The van der Waals surface area contributed by atoms with Crippen LogP contribution in [0.4, 0.5) is 5.95 Å². The topological polar surface area (TPSA) is 64.8 Å². The molecule has 0 spiro atoms. The molecule has 2 bridgehead atoms. The number of piperidine rings is 1. The molecule has 2 aliphatic heterocycles. The van der Waals surface area contributed by atoms with Gasteiger partial charge in [0.1, 0.15) is 11.8 Å². The van der Waals surface area contributed by atoms with E-state index in [4.69, 9.17) is 5.26 Å². The second kappa shape index (κ2) is 4.54. The van der Waals surface area contributed by atoms with Gasteiger partial charge in [-0.1, -0.05) is 0 Å². The van der Waals surface area contributed by atoms with E-state index in [0.717, 1.165) is 12.8 Å². The number of rotatable bonds is 2. The van der Waals surface area contributed by atoms with Crippen molar-refractivity contribution in [2.24, 2.45) is 0 Å². The summed E-state index contributed by atoms with van der Waals surface area (Å²) in [6, 6.07) is 5.49. The molecule has 1 aromatic rings. The third-order valence-electron chi connectivity index (χ3n) is 4.07. The molecule has 0 aliphatic carbocycles. The maximum atomic E-state index is 8.88. The first kappa shape index (κ1) is 11.4. The van der Waals surface area contributed by atoms with Crippen LogP contribution in [-0.2, 0) is 0 Å². The van der Waals surface area contributed by atoms with Crippen molar-refractivity contribution in [3.8, 4) is 6.07 Å². The molecule has 2 fully saturated rings. The summed E-state index contributed by atoms with van der Waals surface area (Å²) in [5, 5.41) is 12.5. The molecule has 0 amide bonds. The van der Waals surface area contributed by atoms with Gasteiger partial charge in [0, 0.05) is 31.4 Å². The van der Waals surface area contributed by atoms with Crippen LogP contribution in [0, 0.1) is 11.3 Å². The predicted molar refractivity (Wildman–Crippen MR) is 68.1 cm³/mol. The standard InChI is InChI=1S/C13H17N5/c1-18(13-15-5-4-11(8-14)17-13)12-6-9-2-3-10(7-12)16-9/h4-5,9-10,12,16H,2-3,6-7H2,1H3. The summed E-state index contributed by atoms with van der Waals surface area (Å²) in [4.78, 5) is 10.7. The maximum absolute atomic E-state index is 8.88. The fourth-order valence-electron chi connectivity index (χ4n) is 3.09. The average molecular weight is 243 g/mol. The highest BCUT2D eigenvalue weighted by molar-refractivity contribution is 5.34. The van der Waals surface area contributed by atoms with Crippen LogP contribution in [0.1, 0.15) is 31.4 Å². The lowest BCUT2D eigenvalue weighted by Crippen LogP contribution is -2.47. The van der Waals surface area contributed by atoms with E-state index in [2.05, 4.69) is 26.3 Å². The third-order valence-corrected chi connectivity index (χ3v) is 4.07. The smallest absolute Gasteiger partial charge is 0.226 e. The van der Waals surface area contributed by atoms with E-state index in [1.165, 1.54) is 12.8 Å². The van der Waals surface area contributed by atoms with Crippen molar-refractivity contribution in [2.75, 3.05) is 11.9 Å². The van der Waals surface area contributed by atoms with Gasteiger partial charge in [0.2, 0.25) is 5.95 Å². The lowest BCUT2D eigenvalue weighted by atomic mass is 9.99. The zero-order valence-corrected chi connectivity index (χ0v) is 10.5. The summed E-state index contributed by atoms with van der Waals surface area (Å²) in [7, 11) is 2.03. The lowest BCUT2D eigenvalue weighted by Gasteiger charge is -2.35. The van der Waals surface area contributed by atoms with E-state index >= 15 is 0 Å². The first-order valence-electron chi connectivity index (χ1n) is 6.48. The van der Waals surface area contributed by atoms with Crippen molar-refractivity contribution in [2.45, 2.75) is 43.8 Å². The van der Waals surface area contributed by atoms with Gasteiger partial charge in [0.25, 0.3) is 0 Å². The maximum Gasteiger partial charge on any atom is 0.226 e. The van der Waals surface area contributed by atoms with Gasteiger partial charge >= 0.3 is 0 Å². The minimum Gasteiger partial charge on any atom is -0.341 e. The molecule has 1 N–H and O–H groups in total. The Kier molecular flexibility index (Phi) is 2.88. The van der Waals surface area contributed by atoms with E-state index in [-0.39, 0.29) is 0 Å². The zero-order valence-electron chi connectivity index (χ0n) is 10.5. The van der Waals surface area contributed by atoms with Gasteiger partial charge in [0.05, 0.1) is 0 Å². The number of hydrogen-bond donors (Lipinski definition) is 1. The van der Waals surface area contributed by atoms with Gasteiger partial charge in [0.15, 0.2) is 0 Å². The fourth-order valence-corrected chi connectivity index (χ4v) is 3.09. The van der Waals surface area contributed by atoms with Crippen molar-refractivity contribution in [1.82, 2.24) is 15.3 Å². The first-order chi connectivity index (χ1) is 8.76. The van der Waals surface area contributed by atoms with Crippen molar-refractivity contribution in [1.29, 1.82) is 5.26 Å². The number of hydrogen-bond acceptors (Lipinski definition) is 5. The van der Waals surface area contributed by atoms with E-state index in [1.807, 2.05) is 7.05 Å². The molecular weight excluding hydrogens is 226 g/mol. The second-order valence-corrected chi connectivity index (χ2v) is 5.23. The monoisotopic (exact) mass is 243 g/mol. The van der Waals surface area contributed by atoms with Gasteiger partial charge in [-0.2, -0.15) is 5.26 Å². The van der Waals surface area contributed by atoms with Crippen molar-refractivity contribution < 1.29 is 0 Å². The summed E-state index contributed by atoms with van der Waals surface area (Å²) >= 11 is 0. The molecule has 2 aliphatic rings. The van der Waals surface area contributed by atoms with E-state index in [0.29, 0.717) is 29.8 Å². The van der Waals surface area contributed by atoms with Crippen LogP contribution in [0.5, 0.6) is 0 Å². The Morgan fingerprint density at radius 1 is 1.39 bits per heavy atom. The Hall–Kier alpha value is -1.67. The summed E-state index contributed by atoms with van der Waals surface area (Å²) < 4.78 is 0. The van der Waals surface area contributed by atoms with Crippen molar-refractivity contribution in [3.05, 3.63) is 18.0 Å². The van der Waals surface area contributed by atoms with Crippen LogP contribution in [0.2, 0.25) is 0 Å². The molecule has 3 heterocycles. The van der Waals surface area contributed by atoms with Crippen LogP contribution in [0.25, 0.3) is 0 Å². The Morgan fingerprint density at radius 3 is 2.78 bits per heavy atom. The van der Waals surface area contributed by atoms with Crippen LogP contribution >= 0.6 is 0 Å².